The second-order valence-corrected chi connectivity index (χ2v) is 7.90. The molecule has 2 aromatic carbocycles. The van der Waals surface area contributed by atoms with Gasteiger partial charge in [0, 0.05) is 23.6 Å². The van der Waals surface area contributed by atoms with Crippen LogP contribution in [0.25, 0.3) is 0 Å². The predicted octanol–water partition coefficient (Wildman–Crippen LogP) is 4.30. The molecular formula is C23H25N3O6S. The maximum absolute atomic E-state index is 13.0. The fraction of sp³-hybridized carbons (Fsp3) is 0.304. The van der Waals surface area contributed by atoms with E-state index in [0.29, 0.717) is 23.6 Å². The number of non-ortho nitro benzene ring substituents is 1. The predicted molar refractivity (Wildman–Crippen MR) is 124 cm³/mol. The summed E-state index contributed by atoms with van der Waals surface area (Å²) in [4.78, 5) is 38.9. The van der Waals surface area contributed by atoms with E-state index >= 15 is 0 Å². The lowest BCUT2D eigenvalue weighted by Gasteiger charge is -2.36. The first kappa shape index (κ1) is 24.1. The molecule has 1 atom stereocenters. The van der Waals surface area contributed by atoms with Crippen LogP contribution in [0.5, 0.6) is 5.75 Å². The molecule has 2 aromatic rings. The number of amides is 2. The van der Waals surface area contributed by atoms with E-state index in [1.807, 2.05) is 30.5 Å². The van der Waals surface area contributed by atoms with Crippen molar-refractivity contribution in [3.05, 3.63) is 75.5 Å². The molecule has 1 N–H and O–H groups in total. The Balaban J connectivity index is 2.03. The molecule has 2 amide bonds. The van der Waals surface area contributed by atoms with Gasteiger partial charge in [0.2, 0.25) is 0 Å². The fourth-order valence-electron chi connectivity index (χ4n) is 3.50. The summed E-state index contributed by atoms with van der Waals surface area (Å²) in [6, 6.07) is 12.0. The van der Waals surface area contributed by atoms with Crippen molar-refractivity contribution in [2.45, 2.75) is 24.8 Å². The van der Waals surface area contributed by atoms with Gasteiger partial charge in [0.1, 0.15) is 12.4 Å². The summed E-state index contributed by atoms with van der Waals surface area (Å²) >= 11 is 1.61. The van der Waals surface area contributed by atoms with Gasteiger partial charge < -0.3 is 14.8 Å². The van der Waals surface area contributed by atoms with Crippen LogP contribution in [0.15, 0.2) is 64.7 Å². The summed E-state index contributed by atoms with van der Waals surface area (Å²) in [6.07, 6.45) is 1.98. The number of hydrogen-bond acceptors (Lipinski definition) is 7. The van der Waals surface area contributed by atoms with Gasteiger partial charge in [-0.15, -0.1) is 11.8 Å². The van der Waals surface area contributed by atoms with Gasteiger partial charge in [-0.05, 0) is 62.1 Å². The van der Waals surface area contributed by atoms with Crippen LogP contribution in [0, 0.1) is 10.1 Å². The molecular weight excluding hydrogens is 446 g/mol. The van der Waals surface area contributed by atoms with Crippen molar-refractivity contribution in [1.29, 1.82) is 0 Å². The number of urea groups is 1. The molecule has 0 saturated heterocycles. The summed E-state index contributed by atoms with van der Waals surface area (Å²) < 4.78 is 11.2. The number of hydrogen-bond donors (Lipinski definition) is 1. The number of likely N-dealkylation sites (N-methyl/N-ethyl adjacent to an activating group) is 1. The third-order valence-electron chi connectivity index (χ3n) is 5.12. The minimum absolute atomic E-state index is 0.0303. The summed E-state index contributed by atoms with van der Waals surface area (Å²) in [6.45, 7) is 3.92. The molecule has 0 fully saturated rings. The van der Waals surface area contributed by atoms with Gasteiger partial charge in [0.05, 0.1) is 28.8 Å². The number of nitro groups is 1. The lowest BCUT2D eigenvalue weighted by molar-refractivity contribution is -0.384. The van der Waals surface area contributed by atoms with Crippen LogP contribution in [-0.4, -0.2) is 47.8 Å². The first-order valence-corrected chi connectivity index (χ1v) is 11.6. The third-order valence-corrected chi connectivity index (χ3v) is 5.87. The van der Waals surface area contributed by atoms with Gasteiger partial charge in [-0.1, -0.05) is 0 Å². The van der Waals surface area contributed by atoms with Crippen molar-refractivity contribution < 1.29 is 24.0 Å². The highest BCUT2D eigenvalue weighted by atomic mass is 32.2. The highest BCUT2D eigenvalue weighted by Gasteiger charge is 2.38. The normalized spacial score (nSPS) is 15.8. The molecule has 1 aliphatic heterocycles. The Morgan fingerprint density at radius 3 is 2.36 bits per heavy atom. The number of rotatable bonds is 9. The van der Waals surface area contributed by atoms with Crippen LogP contribution in [0.4, 0.5) is 10.5 Å². The average molecular weight is 472 g/mol. The Hall–Kier alpha value is -3.53. The van der Waals surface area contributed by atoms with Crippen LogP contribution in [0.3, 0.4) is 0 Å². The number of carbonyl (C=O) groups is 2. The second kappa shape index (κ2) is 10.9. The number of ether oxygens (including phenoxy) is 2. The number of carbonyl (C=O) groups excluding carboxylic acids is 2. The van der Waals surface area contributed by atoms with Gasteiger partial charge in [0.15, 0.2) is 0 Å². The zero-order valence-electron chi connectivity index (χ0n) is 18.6. The van der Waals surface area contributed by atoms with Crippen LogP contribution >= 0.6 is 11.8 Å². The van der Waals surface area contributed by atoms with E-state index in [0.717, 1.165) is 4.90 Å². The van der Waals surface area contributed by atoms with E-state index in [1.165, 1.54) is 29.2 Å². The van der Waals surface area contributed by atoms with E-state index in [9.17, 15) is 19.7 Å². The SMILES string of the molecule is CCOC(=O)C1=C(COc2ccc(SC)cc2)N(CC)C(=O)NC1c1ccc([N+](=O)[O-])cc1. The Labute approximate surface area is 195 Å². The molecule has 0 saturated carbocycles. The second-order valence-electron chi connectivity index (χ2n) is 7.02. The number of nitrogens with zero attached hydrogens (tertiary/aromatic N) is 2. The van der Waals surface area contributed by atoms with Crippen molar-refractivity contribution in [1.82, 2.24) is 10.2 Å². The molecule has 0 spiro atoms. The Morgan fingerprint density at radius 2 is 1.82 bits per heavy atom. The Kier molecular flexibility index (Phi) is 7.94. The van der Waals surface area contributed by atoms with E-state index < -0.39 is 23.0 Å². The fourth-order valence-corrected chi connectivity index (χ4v) is 3.91. The van der Waals surface area contributed by atoms with Crippen molar-refractivity contribution in [2.24, 2.45) is 0 Å². The topological polar surface area (TPSA) is 111 Å². The van der Waals surface area contributed by atoms with E-state index in [-0.39, 0.29) is 24.5 Å². The monoisotopic (exact) mass is 471 g/mol. The Morgan fingerprint density at radius 1 is 1.15 bits per heavy atom. The zero-order chi connectivity index (χ0) is 24.0. The standard InChI is InChI=1S/C23H25N3O6S/c1-4-25-19(14-32-17-10-12-18(33-3)13-11-17)20(22(27)31-5-2)21(24-23(25)28)15-6-8-16(9-7-15)26(29)30/h6-13,21H,4-5,14H2,1-3H3,(H,24,28). The maximum Gasteiger partial charge on any atom is 0.338 e. The maximum atomic E-state index is 13.0. The minimum Gasteiger partial charge on any atom is -0.487 e. The summed E-state index contributed by atoms with van der Waals surface area (Å²) in [5.74, 6) is 0.00747. The van der Waals surface area contributed by atoms with Crippen molar-refractivity contribution >= 4 is 29.4 Å². The van der Waals surface area contributed by atoms with E-state index in [2.05, 4.69) is 5.32 Å². The number of nitro benzene ring substituents is 1. The zero-order valence-corrected chi connectivity index (χ0v) is 19.4. The molecule has 3 rings (SSSR count). The van der Waals surface area contributed by atoms with Gasteiger partial charge in [-0.25, -0.2) is 9.59 Å². The molecule has 0 aliphatic carbocycles. The third kappa shape index (κ3) is 5.46. The van der Waals surface area contributed by atoms with Crippen LogP contribution in [-0.2, 0) is 9.53 Å². The van der Waals surface area contributed by atoms with Gasteiger partial charge in [-0.3, -0.25) is 15.0 Å². The Bertz CT molecular complexity index is 1050. The van der Waals surface area contributed by atoms with Gasteiger partial charge >= 0.3 is 12.0 Å². The summed E-state index contributed by atoms with van der Waals surface area (Å²) in [5, 5.41) is 13.8. The minimum atomic E-state index is -0.836. The number of esters is 1. The number of nitrogens with one attached hydrogen (secondary N) is 1. The molecule has 0 radical (unpaired) electrons. The van der Waals surface area contributed by atoms with Crippen LogP contribution in [0.1, 0.15) is 25.5 Å². The van der Waals surface area contributed by atoms with Crippen molar-refractivity contribution in [2.75, 3.05) is 26.0 Å². The quantitative estimate of drug-likeness (QED) is 0.251. The highest BCUT2D eigenvalue weighted by Crippen LogP contribution is 2.33. The van der Waals surface area contributed by atoms with E-state index in [1.54, 1.807) is 25.6 Å². The molecule has 10 heteroatoms. The molecule has 0 aromatic heterocycles. The lowest BCUT2D eigenvalue weighted by Crippen LogP contribution is -2.49. The lowest BCUT2D eigenvalue weighted by atomic mass is 9.94. The average Bonchev–Trinajstić information content (AvgIpc) is 2.82. The smallest absolute Gasteiger partial charge is 0.338 e. The largest absolute Gasteiger partial charge is 0.487 e. The summed E-state index contributed by atoms with van der Waals surface area (Å²) in [7, 11) is 0. The van der Waals surface area contributed by atoms with Crippen molar-refractivity contribution in [3.63, 3.8) is 0 Å². The highest BCUT2D eigenvalue weighted by molar-refractivity contribution is 7.98. The van der Waals surface area contributed by atoms with Crippen LogP contribution in [0.2, 0.25) is 0 Å². The van der Waals surface area contributed by atoms with Gasteiger partial charge in [0.25, 0.3) is 5.69 Å². The molecule has 1 heterocycles. The molecule has 0 bridgehead atoms. The van der Waals surface area contributed by atoms with Crippen LogP contribution < -0.4 is 10.1 Å². The number of thioether (sulfide) groups is 1. The number of benzene rings is 2. The molecule has 9 nitrogen and oxygen atoms in total. The summed E-state index contributed by atoms with van der Waals surface area (Å²) in [5.41, 5.74) is 1.05. The van der Waals surface area contributed by atoms with Crippen molar-refractivity contribution in [3.8, 4) is 5.75 Å². The van der Waals surface area contributed by atoms with Gasteiger partial charge in [-0.2, -0.15) is 0 Å². The first-order chi connectivity index (χ1) is 15.9. The molecule has 174 valence electrons. The molecule has 1 aliphatic rings. The first-order valence-electron chi connectivity index (χ1n) is 10.4. The molecule has 33 heavy (non-hydrogen) atoms. The molecule has 1 unspecified atom stereocenters. The van der Waals surface area contributed by atoms with E-state index in [4.69, 9.17) is 9.47 Å².